The first-order valence-electron chi connectivity index (χ1n) is 12.0. The summed E-state index contributed by atoms with van der Waals surface area (Å²) in [5.41, 5.74) is 6.05. The van der Waals surface area contributed by atoms with Crippen molar-refractivity contribution in [1.82, 2.24) is 19.4 Å². The molecule has 1 aliphatic carbocycles. The van der Waals surface area contributed by atoms with Crippen molar-refractivity contribution in [3.8, 4) is 17.1 Å². The maximum atomic E-state index is 6.13. The third-order valence-corrected chi connectivity index (χ3v) is 7.28. The number of halogens is 1. The second kappa shape index (κ2) is 9.17. The number of aromatic nitrogens is 3. The largest absolute Gasteiger partial charge is 0.366 e. The monoisotopic (exact) mass is 479 g/mol. The molecule has 35 heavy (non-hydrogen) atoms. The zero-order chi connectivity index (χ0) is 23.7. The normalized spacial score (nSPS) is 14.5. The summed E-state index contributed by atoms with van der Waals surface area (Å²) in [6.07, 6.45) is 3.29. The van der Waals surface area contributed by atoms with E-state index in [4.69, 9.17) is 21.7 Å². The summed E-state index contributed by atoms with van der Waals surface area (Å²) in [5, 5.41) is 3.46. The highest BCUT2D eigenvalue weighted by Crippen LogP contribution is 2.42. The second-order valence-electron chi connectivity index (χ2n) is 9.09. The average Bonchev–Trinajstić information content (AvgIpc) is 3.28. The van der Waals surface area contributed by atoms with Crippen molar-refractivity contribution < 1.29 is 0 Å². The smallest absolute Gasteiger partial charge is 0.167 e. The standard InChI is InChI=1S/C29H26ClN5/c30-34-29(18-7-19-29)23-12-14-24(15-13-23)35-27(22-10-5-2-6-11-22)32-25-16-17-26(33-28(25)35)31-20-21-8-3-1-4-9-21/h1-6,8-17,34H,7,18-20H2,(H,31,33). The van der Waals surface area contributed by atoms with Gasteiger partial charge in [-0.2, -0.15) is 0 Å². The van der Waals surface area contributed by atoms with Crippen LogP contribution in [-0.2, 0) is 12.1 Å². The van der Waals surface area contributed by atoms with E-state index in [9.17, 15) is 0 Å². The van der Waals surface area contributed by atoms with E-state index in [-0.39, 0.29) is 5.54 Å². The van der Waals surface area contributed by atoms with Crippen molar-refractivity contribution in [2.75, 3.05) is 5.32 Å². The minimum absolute atomic E-state index is 0.119. The fourth-order valence-electron chi connectivity index (χ4n) is 4.77. The molecular formula is C29H26ClN5. The molecule has 0 unspecified atom stereocenters. The van der Waals surface area contributed by atoms with Crippen molar-refractivity contribution in [2.45, 2.75) is 31.3 Å². The number of benzene rings is 3. The van der Waals surface area contributed by atoms with Crippen LogP contribution < -0.4 is 10.2 Å². The van der Waals surface area contributed by atoms with Gasteiger partial charge in [0.15, 0.2) is 5.65 Å². The minimum atomic E-state index is -0.119. The summed E-state index contributed by atoms with van der Waals surface area (Å²) >= 11 is 6.13. The van der Waals surface area contributed by atoms with Crippen molar-refractivity contribution in [1.29, 1.82) is 0 Å². The molecule has 0 spiro atoms. The molecule has 1 aliphatic rings. The van der Waals surface area contributed by atoms with E-state index in [1.165, 1.54) is 17.5 Å². The zero-order valence-electron chi connectivity index (χ0n) is 19.3. The predicted octanol–water partition coefficient (Wildman–Crippen LogP) is 6.82. The Morgan fingerprint density at radius 1 is 0.800 bits per heavy atom. The zero-order valence-corrected chi connectivity index (χ0v) is 20.0. The Balaban J connectivity index is 1.42. The van der Waals surface area contributed by atoms with Gasteiger partial charge in [-0.15, -0.1) is 0 Å². The number of imidazole rings is 1. The molecule has 3 aromatic carbocycles. The molecule has 6 rings (SSSR count). The molecule has 2 aromatic heterocycles. The lowest BCUT2D eigenvalue weighted by Crippen LogP contribution is -2.43. The Morgan fingerprint density at radius 2 is 1.51 bits per heavy atom. The van der Waals surface area contributed by atoms with E-state index < -0.39 is 0 Å². The van der Waals surface area contributed by atoms with E-state index >= 15 is 0 Å². The molecule has 5 aromatic rings. The first-order valence-corrected chi connectivity index (χ1v) is 12.3. The van der Waals surface area contributed by atoms with Crippen molar-refractivity contribution in [3.05, 3.63) is 108 Å². The Morgan fingerprint density at radius 3 is 2.17 bits per heavy atom. The molecule has 6 heteroatoms. The van der Waals surface area contributed by atoms with Gasteiger partial charge in [-0.25, -0.2) is 14.8 Å². The SMILES string of the molecule is ClNC1(c2ccc(-n3c(-c4ccccc4)nc4ccc(NCc5ccccc5)nc43)cc2)CCC1. The molecule has 0 aliphatic heterocycles. The van der Waals surface area contributed by atoms with Crippen LogP contribution in [-0.4, -0.2) is 14.5 Å². The molecule has 0 bridgehead atoms. The van der Waals surface area contributed by atoms with Crippen LogP contribution in [0.4, 0.5) is 5.82 Å². The van der Waals surface area contributed by atoms with E-state index in [1.54, 1.807) is 0 Å². The van der Waals surface area contributed by atoms with Gasteiger partial charge in [0.2, 0.25) is 0 Å². The molecule has 5 nitrogen and oxygen atoms in total. The number of pyridine rings is 1. The van der Waals surface area contributed by atoms with Crippen LogP contribution >= 0.6 is 11.8 Å². The van der Waals surface area contributed by atoms with Gasteiger partial charge >= 0.3 is 0 Å². The number of rotatable bonds is 7. The van der Waals surface area contributed by atoms with Gasteiger partial charge in [0, 0.05) is 17.8 Å². The highest BCUT2D eigenvalue weighted by molar-refractivity contribution is 6.14. The number of fused-ring (bicyclic) bond motifs is 1. The van der Waals surface area contributed by atoms with Crippen LogP contribution in [0.3, 0.4) is 0 Å². The highest BCUT2D eigenvalue weighted by atomic mass is 35.5. The fourth-order valence-corrected chi connectivity index (χ4v) is 5.07. The molecule has 1 saturated carbocycles. The summed E-state index contributed by atoms with van der Waals surface area (Å²) in [7, 11) is 0. The summed E-state index contributed by atoms with van der Waals surface area (Å²) in [4.78, 5) is 13.0. The summed E-state index contributed by atoms with van der Waals surface area (Å²) < 4.78 is 2.14. The summed E-state index contributed by atoms with van der Waals surface area (Å²) in [6, 6.07) is 33.2. The molecule has 0 saturated heterocycles. The van der Waals surface area contributed by atoms with Crippen LogP contribution in [0.2, 0.25) is 0 Å². The third kappa shape index (κ3) is 4.07. The van der Waals surface area contributed by atoms with Crippen LogP contribution in [0.5, 0.6) is 0 Å². The van der Waals surface area contributed by atoms with Crippen molar-refractivity contribution >= 4 is 28.8 Å². The van der Waals surface area contributed by atoms with Gasteiger partial charge in [-0.05, 0) is 66.4 Å². The molecule has 0 radical (unpaired) electrons. The number of hydrogen-bond donors (Lipinski definition) is 2. The maximum absolute atomic E-state index is 6.13. The van der Waals surface area contributed by atoms with Gasteiger partial charge in [0.25, 0.3) is 0 Å². The number of anilines is 1. The van der Waals surface area contributed by atoms with E-state index in [1.807, 2.05) is 48.5 Å². The number of hydrogen-bond acceptors (Lipinski definition) is 4. The maximum Gasteiger partial charge on any atom is 0.167 e. The third-order valence-electron chi connectivity index (χ3n) is 6.92. The second-order valence-corrected chi connectivity index (χ2v) is 9.28. The molecule has 1 fully saturated rings. The predicted molar refractivity (Wildman–Crippen MR) is 143 cm³/mol. The average molecular weight is 480 g/mol. The molecule has 0 amide bonds. The highest BCUT2D eigenvalue weighted by Gasteiger charge is 2.38. The Kier molecular flexibility index (Phi) is 5.72. The lowest BCUT2D eigenvalue weighted by molar-refractivity contribution is 0.227. The van der Waals surface area contributed by atoms with Crippen molar-refractivity contribution in [2.24, 2.45) is 0 Å². The minimum Gasteiger partial charge on any atom is -0.366 e. The van der Waals surface area contributed by atoms with Gasteiger partial charge < -0.3 is 5.32 Å². The first-order chi connectivity index (χ1) is 17.3. The van der Waals surface area contributed by atoms with Crippen LogP contribution in [0, 0.1) is 0 Å². The molecule has 0 atom stereocenters. The summed E-state index contributed by atoms with van der Waals surface area (Å²) in [5.74, 6) is 1.69. The van der Waals surface area contributed by atoms with Crippen LogP contribution in [0.25, 0.3) is 28.2 Å². The Hall–Kier alpha value is -3.67. The van der Waals surface area contributed by atoms with E-state index in [0.717, 1.165) is 46.9 Å². The number of nitrogens with zero attached hydrogens (tertiary/aromatic N) is 3. The quantitative estimate of drug-likeness (QED) is 0.251. The van der Waals surface area contributed by atoms with Gasteiger partial charge in [-0.3, -0.25) is 4.57 Å². The molecule has 2 N–H and O–H groups in total. The topological polar surface area (TPSA) is 54.8 Å². The van der Waals surface area contributed by atoms with Crippen LogP contribution in [0.15, 0.2) is 97.1 Å². The summed E-state index contributed by atoms with van der Waals surface area (Å²) in [6.45, 7) is 0.710. The Bertz CT molecular complexity index is 1440. The van der Waals surface area contributed by atoms with Gasteiger partial charge in [-0.1, -0.05) is 72.8 Å². The van der Waals surface area contributed by atoms with E-state index in [0.29, 0.717) is 6.54 Å². The van der Waals surface area contributed by atoms with Gasteiger partial charge in [0.05, 0.1) is 5.54 Å². The van der Waals surface area contributed by atoms with Gasteiger partial charge in [0.1, 0.15) is 17.2 Å². The van der Waals surface area contributed by atoms with Crippen molar-refractivity contribution in [3.63, 3.8) is 0 Å². The molecule has 174 valence electrons. The molecular weight excluding hydrogens is 454 g/mol. The lowest BCUT2D eigenvalue weighted by Gasteiger charge is -2.41. The fraction of sp³-hybridized carbons (Fsp3) is 0.172. The molecule has 2 heterocycles. The lowest BCUT2D eigenvalue weighted by atomic mass is 9.73. The first kappa shape index (κ1) is 21.8. The number of nitrogens with one attached hydrogen (secondary N) is 2. The van der Waals surface area contributed by atoms with E-state index in [2.05, 4.69) is 63.3 Å². The Labute approximate surface area is 209 Å². The van der Waals surface area contributed by atoms with Crippen LogP contribution in [0.1, 0.15) is 30.4 Å².